The summed E-state index contributed by atoms with van der Waals surface area (Å²) < 4.78 is 52.4. The number of rotatable bonds is 2. The molecular formula is C14H8F4N4. The monoisotopic (exact) mass is 308 g/mol. The van der Waals surface area contributed by atoms with Crippen LogP contribution in [0.25, 0.3) is 17.1 Å². The highest BCUT2D eigenvalue weighted by atomic mass is 19.4. The molecule has 0 amide bonds. The molecule has 22 heavy (non-hydrogen) atoms. The molecule has 0 atom stereocenters. The molecule has 0 spiro atoms. The average molecular weight is 308 g/mol. The van der Waals surface area contributed by atoms with Crippen molar-refractivity contribution in [2.75, 3.05) is 0 Å². The fourth-order valence-electron chi connectivity index (χ4n) is 1.88. The third kappa shape index (κ3) is 2.67. The highest BCUT2D eigenvalue weighted by molar-refractivity contribution is 5.53. The highest BCUT2D eigenvalue weighted by Gasteiger charge is 2.30. The van der Waals surface area contributed by atoms with Gasteiger partial charge in [0.05, 0.1) is 17.4 Å². The number of nitrogens with zero attached hydrogens (tertiary/aromatic N) is 4. The first-order valence-corrected chi connectivity index (χ1v) is 6.16. The van der Waals surface area contributed by atoms with Crippen LogP contribution in [0.15, 0.2) is 48.8 Å². The van der Waals surface area contributed by atoms with Gasteiger partial charge in [-0.05, 0) is 36.4 Å². The van der Waals surface area contributed by atoms with Crippen molar-refractivity contribution in [1.82, 2.24) is 20.0 Å². The van der Waals surface area contributed by atoms with Crippen molar-refractivity contribution in [2.45, 2.75) is 6.18 Å². The van der Waals surface area contributed by atoms with Crippen molar-refractivity contribution in [3.8, 4) is 17.1 Å². The molecule has 0 saturated heterocycles. The van der Waals surface area contributed by atoms with Gasteiger partial charge < -0.3 is 0 Å². The predicted octanol–water partition coefficient (Wildman–Crippen LogP) is 3.49. The number of aromatic nitrogens is 4. The average Bonchev–Trinajstić information content (AvgIpc) is 2.96. The van der Waals surface area contributed by atoms with Gasteiger partial charge in [-0.3, -0.25) is 4.98 Å². The van der Waals surface area contributed by atoms with E-state index in [1.807, 2.05) is 0 Å². The fourth-order valence-corrected chi connectivity index (χ4v) is 1.88. The van der Waals surface area contributed by atoms with Crippen molar-refractivity contribution in [2.24, 2.45) is 0 Å². The molecule has 0 bridgehead atoms. The van der Waals surface area contributed by atoms with Crippen molar-refractivity contribution < 1.29 is 17.6 Å². The van der Waals surface area contributed by atoms with Crippen molar-refractivity contribution in [3.63, 3.8) is 0 Å². The Morgan fingerprint density at radius 1 is 1.00 bits per heavy atom. The second kappa shape index (κ2) is 5.21. The lowest BCUT2D eigenvalue weighted by molar-refractivity contribution is -0.137. The van der Waals surface area contributed by atoms with Crippen molar-refractivity contribution in [1.29, 1.82) is 0 Å². The maximum Gasteiger partial charge on any atom is 0.416 e. The Balaban J connectivity index is 1.93. The van der Waals surface area contributed by atoms with E-state index in [0.29, 0.717) is 5.69 Å². The molecule has 0 fully saturated rings. The van der Waals surface area contributed by atoms with E-state index in [0.717, 1.165) is 12.1 Å². The van der Waals surface area contributed by atoms with Gasteiger partial charge in [-0.15, -0.1) is 5.10 Å². The fraction of sp³-hybridized carbons (Fsp3) is 0.0714. The van der Waals surface area contributed by atoms with Crippen LogP contribution >= 0.6 is 0 Å². The van der Waals surface area contributed by atoms with E-state index in [1.54, 1.807) is 0 Å². The van der Waals surface area contributed by atoms with Crippen molar-refractivity contribution >= 4 is 0 Å². The SMILES string of the molecule is Fc1cccnc1-c1cn(-c2ccc(C(F)(F)F)cc2)nn1. The summed E-state index contributed by atoms with van der Waals surface area (Å²) in [6.07, 6.45) is -1.59. The molecule has 0 aliphatic carbocycles. The van der Waals surface area contributed by atoms with E-state index in [-0.39, 0.29) is 11.4 Å². The van der Waals surface area contributed by atoms with E-state index >= 15 is 0 Å². The van der Waals surface area contributed by atoms with Gasteiger partial charge >= 0.3 is 6.18 Å². The Labute approximate surface area is 122 Å². The largest absolute Gasteiger partial charge is 0.416 e. The molecule has 112 valence electrons. The van der Waals surface area contributed by atoms with E-state index in [2.05, 4.69) is 15.3 Å². The van der Waals surface area contributed by atoms with Crippen LogP contribution in [-0.4, -0.2) is 20.0 Å². The second-order valence-corrected chi connectivity index (χ2v) is 4.43. The lowest BCUT2D eigenvalue weighted by Gasteiger charge is -2.07. The maximum absolute atomic E-state index is 13.6. The number of benzene rings is 1. The molecule has 0 N–H and O–H groups in total. The zero-order valence-electron chi connectivity index (χ0n) is 10.9. The molecule has 3 aromatic rings. The topological polar surface area (TPSA) is 43.6 Å². The van der Waals surface area contributed by atoms with Crippen LogP contribution in [0.3, 0.4) is 0 Å². The first-order chi connectivity index (χ1) is 10.4. The number of halogens is 4. The van der Waals surface area contributed by atoms with Gasteiger partial charge in [0.25, 0.3) is 0 Å². The number of hydrogen-bond donors (Lipinski definition) is 0. The van der Waals surface area contributed by atoms with Crippen LogP contribution in [0.4, 0.5) is 17.6 Å². The zero-order chi connectivity index (χ0) is 15.7. The summed E-state index contributed by atoms with van der Waals surface area (Å²) in [4.78, 5) is 3.86. The molecule has 0 aliphatic heterocycles. The first kappa shape index (κ1) is 14.2. The number of hydrogen-bond acceptors (Lipinski definition) is 3. The van der Waals surface area contributed by atoms with Crippen LogP contribution in [0.2, 0.25) is 0 Å². The molecule has 3 rings (SSSR count). The summed E-state index contributed by atoms with van der Waals surface area (Å²) in [7, 11) is 0. The summed E-state index contributed by atoms with van der Waals surface area (Å²) >= 11 is 0. The van der Waals surface area contributed by atoms with Gasteiger partial charge in [0, 0.05) is 6.20 Å². The third-order valence-corrected chi connectivity index (χ3v) is 2.95. The van der Waals surface area contributed by atoms with E-state index < -0.39 is 17.6 Å². The Morgan fingerprint density at radius 2 is 1.73 bits per heavy atom. The zero-order valence-corrected chi connectivity index (χ0v) is 10.9. The molecule has 2 aromatic heterocycles. The number of alkyl halides is 3. The minimum absolute atomic E-state index is 0.0284. The molecular weight excluding hydrogens is 300 g/mol. The Kier molecular flexibility index (Phi) is 3.36. The summed E-state index contributed by atoms with van der Waals surface area (Å²) in [5.74, 6) is -0.554. The molecule has 0 unspecified atom stereocenters. The number of pyridine rings is 1. The lowest BCUT2D eigenvalue weighted by Crippen LogP contribution is -2.05. The van der Waals surface area contributed by atoms with Gasteiger partial charge in [0.1, 0.15) is 11.4 Å². The van der Waals surface area contributed by atoms with Crippen LogP contribution < -0.4 is 0 Å². The Bertz CT molecular complexity index is 793. The lowest BCUT2D eigenvalue weighted by atomic mass is 10.2. The third-order valence-electron chi connectivity index (χ3n) is 2.95. The van der Waals surface area contributed by atoms with Crippen LogP contribution in [0, 0.1) is 5.82 Å². The van der Waals surface area contributed by atoms with Gasteiger partial charge in [-0.2, -0.15) is 13.2 Å². The summed E-state index contributed by atoms with van der Waals surface area (Å²) in [6, 6.07) is 7.08. The molecule has 0 aliphatic rings. The quantitative estimate of drug-likeness (QED) is 0.681. The van der Waals surface area contributed by atoms with Gasteiger partial charge in [-0.1, -0.05) is 5.21 Å². The van der Waals surface area contributed by atoms with Gasteiger partial charge in [-0.25, -0.2) is 9.07 Å². The Morgan fingerprint density at radius 3 is 2.36 bits per heavy atom. The van der Waals surface area contributed by atoms with Gasteiger partial charge in [0.15, 0.2) is 5.82 Å². The molecule has 0 radical (unpaired) electrons. The molecule has 2 heterocycles. The normalized spacial score (nSPS) is 11.6. The minimum atomic E-state index is -4.40. The molecule has 4 nitrogen and oxygen atoms in total. The van der Waals surface area contributed by atoms with Crippen LogP contribution in [-0.2, 0) is 6.18 Å². The predicted molar refractivity (Wildman–Crippen MR) is 69.6 cm³/mol. The second-order valence-electron chi connectivity index (χ2n) is 4.43. The van der Waals surface area contributed by atoms with Crippen LogP contribution in [0.1, 0.15) is 5.56 Å². The van der Waals surface area contributed by atoms with Crippen LogP contribution in [0.5, 0.6) is 0 Å². The smallest absolute Gasteiger partial charge is 0.251 e. The summed E-state index contributed by atoms with van der Waals surface area (Å²) in [5.41, 5.74) is -0.158. The Hall–Kier alpha value is -2.77. The summed E-state index contributed by atoms with van der Waals surface area (Å²) in [6.45, 7) is 0. The first-order valence-electron chi connectivity index (χ1n) is 6.16. The van der Waals surface area contributed by atoms with E-state index in [4.69, 9.17) is 0 Å². The summed E-state index contributed by atoms with van der Waals surface area (Å²) in [5, 5.41) is 7.56. The standard InChI is InChI=1S/C14H8F4N4/c15-11-2-1-7-19-13(11)12-8-22(21-20-12)10-5-3-9(4-6-10)14(16,17)18/h1-8H. The maximum atomic E-state index is 13.6. The minimum Gasteiger partial charge on any atom is -0.251 e. The van der Waals surface area contributed by atoms with E-state index in [9.17, 15) is 17.6 Å². The van der Waals surface area contributed by atoms with Gasteiger partial charge in [0.2, 0.25) is 0 Å². The molecule has 0 saturated carbocycles. The van der Waals surface area contributed by atoms with E-state index in [1.165, 1.54) is 41.3 Å². The molecule has 1 aromatic carbocycles. The highest BCUT2D eigenvalue weighted by Crippen LogP contribution is 2.29. The molecule has 8 heteroatoms. The van der Waals surface area contributed by atoms with Crippen molar-refractivity contribution in [3.05, 3.63) is 60.2 Å².